The summed E-state index contributed by atoms with van der Waals surface area (Å²) < 4.78 is 114. The standard InChI is InChI=1S/C16H25F7O4Si/c1-4-25-28(26-5-2,27-6-3)11-9-7-8-10-24-13-12(17)14(18,19)16(22,23)15(13,20)21/h4-11H2,1-3H3. The zero-order chi connectivity index (χ0) is 21.6. The minimum absolute atomic E-state index is 0.0544. The molecule has 166 valence electrons. The first kappa shape index (κ1) is 25.2. The van der Waals surface area contributed by atoms with E-state index in [2.05, 4.69) is 4.74 Å². The van der Waals surface area contributed by atoms with Gasteiger partial charge in [0.1, 0.15) is 0 Å². The highest BCUT2D eigenvalue weighted by Gasteiger charge is 2.82. The molecule has 0 spiro atoms. The van der Waals surface area contributed by atoms with Gasteiger partial charge in [-0.05, 0) is 33.6 Å². The van der Waals surface area contributed by atoms with Crippen LogP contribution in [0.1, 0.15) is 40.0 Å². The summed E-state index contributed by atoms with van der Waals surface area (Å²) in [4.78, 5) is 0. The Kier molecular flexibility index (Phi) is 8.78. The second kappa shape index (κ2) is 9.77. The summed E-state index contributed by atoms with van der Waals surface area (Å²) in [6.45, 7) is 5.85. The van der Waals surface area contributed by atoms with Crippen molar-refractivity contribution in [2.45, 2.75) is 63.8 Å². The summed E-state index contributed by atoms with van der Waals surface area (Å²) in [6, 6.07) is 0.422. The van der Waals surface area contributed by atoms with E-state index in [1.54, 1.807) is 20.8 Å². The molecule has 0 radical (unpaired) electrons. The van der Waals surface area contributed by atoms with Crippen LogP contribution in [0, 0.1) is 0 Å². The number of hydrogen-bond acceptors (Lipinski definition) is 4. The van der Waals surface area contributed by atoms with Crippen LogP contribution >= 0.6 is 0 Å². The van der Waals surface area contributed by atoms with E-state index in [1.807, 2.05) is 0 Å². The van der Waals surface area contributed by atoms with Crippen molar-refractivity contribution < 1.29 is 48.7 Å². The fourth-order valence-electron chi connectivity index (χ4n) is 2.71. The van der Waals surface area contributed by atoms with E-state index in [4.69, 9.17) is 13.3 Å². The number of hydrogen-bond donors (Lipinski definition) is 0. The molecule has 0 saturated heterocycles. The lowest BCUT2D eigenvalue weighted by Gasteiger charge is -2.28. The Morgan fingerprint density at radius 1 is 0.750 bits per heavy atom. The fourth-order valence-corrected chi connectivity index (χ4v) is 5.39. The van der Waals surface area contributed by atoms with Gasteiger partial charge in [-0.3, -0.25) is 0 Å². The maximum absolute atomic E-state index is 13.4. The van der Waals surface area contributed by atoms with E-state index in [1.165, 1.54) is 0 Å². The summed E-state index contributed by atoms with van der Waals surface area (Å²) in [6.07, 6.45) is 0.883. The van der Waals surface area contributed by atoms with Crippen molar-refractivity contribution >= 4 is 8.80 Å². The van der Waals surface area contributed by atoms with E-state index in [0.29, 0.717) is 38.7 Å². The van der Waals surface area contributed by atoms with Crippen LogP contribution in [0.4, 0.5) is 30.7 Å². The number of alkyl halides is 6. The first-order chi connectivity index (χ1) is 12.9. The Labute approximate surface area is 160 Å². The third-order valence-corrected chi connectivity index (χ3v) is 7.17. The predicted molar refractivity (Wildman–Crippen MR) is 88.2 cm³/mol. The van der Waals surface area contributed by atoms with Crippen molar-refractivity contribution in [3.8, 4) is 0 Å². The van der Waals surface area contributed by atoms with Gasteiger partial charge in [0, 0.05) is 25.9 Å². The summed E-state index contributed by atoms with van der Waals surface area (Å²) in [5, 5.41) is 0. The van der Waals surface area contributed by atoms with Crippen LogP contribution in [0.3, 0.4) is 0 Å². The quantitative estimate of drug-likeness (QED) is 0.220. The maximum atomic E-state index is 13.4. The van der Waals surface area contributed by atoms with Crippen LogP contribution in [-0.4, -0.2) is 53.0 Å². The fraction of sp³-hybridized carbons (Fsp3) is 0.875. The highest BCUT2D eigenvalue weighted by atomic mass is 28.4. The molecule has 0 atom stereocenters. The van der Waals surface area contributed by atoms with Gasteiger partial charge in [0.05, 0.1) is 6.61 Å². The van der Waals surface area contributed by atoms with Crippen LogP contribution in [-0.2, 0) is 18.0 Å². The summed E-state index contributed by atoms with van der Waals surface area (Å²) in [5.41, 5.74) is 0. The van der Waals surface area contributed by atoms with Crippen LogP contribution in [0.2, 0.25) is 6.04 Å². The number of halogens is 7. The van der Waals surface area contributed by atoms with Gasteiger partial charge in [0.2, 0.25) is 11.6 Å². The molecule has 0 aromatic carbocycles. The van der Waals surface area contributed by atoms with Crippen molar-refractivity contribution in [3.05, 3.63) is 11.6 Å². The minimum atomic E-state index is -5.88. The first-order valence-electron chi connectivity index (χ1n) is 9.02. The molecule has 1 rings (SSSR count). The number of rotatable bonds is 13. The second-order valence-electron chi connectivity index (χ2n) is 6.01. The molecule has 0 fully saturated rings. The van der Waals surface area contributed by atoms with Crippen LogP contribution < -0.4 is 0 Å². The molecule has 12 heteroatoms. The molecule has 0 N–H and O–H groups in total. The highest BCUT2D eigenvalue weighted by Crippen LogP contribution is 2.59. The topological polar surface area (TPSA) is 36.9 Å². The normalized spacial score (nSPS) is 20.6. The summed E-state index contributed by atoms with van der Waals surface area (Å²) >= 11 is 0. The molecule has 0 saturated carbocycles. The maximum Gasteiger partial charge on any atom is 0.500 e. The minimum Gasteiger partial charge on any atom is -0.489 e. The molecule has 1 aliphatic rings. The Bertz CT molecular complexity index is 526. The molecule has 0 aromatic heterocycles. The first-order valence-corrected chi connectivity index (χ1v) is 11.0. The zero-order valence-electron chi connectivity index (χ0n) is 15.9. The van der Waals surface area contributed by atoms with Crippen molar-refractivity contribution in [2.24, 2.45) is 0 Å². The van der Waals surface area contributed by atoms with E-state index in [-0.39, 0.29) is 6.42 Å². The Morgan fingerprint density at radius 3 is 1.64 bits per heavy atom. The zero-order valence-corrected chi connectivity index (χ0v) is 16.9. The molecule has 0 bridgehead atoms. The van der Waals surface area contributed by atoms with Crippen LogP contribution in [0.5, 0.6) is 0 Å². The average Bonchev–Trinajstić information content (AvgIpc) is 2.68. The van der Waals surface area contributed by atoms with Crippen molar-refractivity contribution in [2.75, 3.05) is 26.4 Å². The smallest absolute Gasteiger partial charge is 0.489 e. The molecule has 0 aliphatic heterocycles. The molecular weight excluding hydrogens is 417 g/mol. The monoisotopic (exact) mass is 442 g/mol. The Morgan fingerprint density at radius 2 is 1.25 bits per heavy atom. The molecule has 0 aromatic rings. The third kappa shape index (κ3) is 4.82. The lowest BCUT2D eigenvalue weighted by molar-refractivity contribution is -0.274. The molecule has 0 amide bonds. The Balaban J connectivity index is 2.56. The third-order valence-electron chi connectivity index (χ3n) is 4.02. The summed E-state index contributed by atoms with van der Waals surface area (Å²) in [5.74, 6) is -22.1. The number of allylic oxidation sites excluding steroid dienone is 2. The molecule has 4 nitrogen and oxygen atoms in total. The lowest BCUT2D eigenvalue weighted by atomic mass is 10.1. The SMILES string of the molecule is CCO[Si](CCCCCOC1=C(F)C(F)(F)C(F)(F)C1(F)F)(OCC)OCC. The van der Waals surface area contributed by atoms with Crippen molar-refractivity contribution in [1.29, 1.82) is 0 Å². The molecule has 1 aliphatic carbocycles. The highest BCUT2D eigenvalue weighted by molar-refractivity contribution is 6.60. The largest absolute Gasteiger partial charge is 0.500 e. The van der Waals surface area contributed by atoms with E-state index in [0.717, 1.165) is 0 Å². The Hall–Kier alpha value is -0.853. The number of unbranched alkanes of at least 4 members (excludes halogenated alkanes) is 2. The van der Waals surface area contributed by atoms with Crippen LogP contribution in [0.15, 0.2) is 11.6 Å². The lowest BCUT2D eigenvalue weighted by Crippen LogP contribution is -2.49. The van der Waals surface area contributed by atoms with Gasteiger partial charge < -0.3 is 18.0 Å². The molecule has 0 heterocycles. The van der Waals surface area contributed by atoms with Crippen molar-refractivity contribution in [3.63, 3.8) is 0 Å². The van der Waals surface area contributed by atoms with Gasteiger partial charge in [-0.2, -0.15) is 26.3 Å². The van der Waals surface area contributed by atoms with Gasteiger partial charge in [0.25, 0.3) is 0 Å². The van der Waals surface area contributed by atoms with E-state index >= 15 is 0 Å². The summed E-state index contributed by atoms with van der Waals surface area (Å²) in [7, 11) is -2.88. The molecule has 0 unspecified atom stereocenters. The van der Waals surface area contributed by atoms with Gasteiger partial charge in [-0.1, -0.05) is 6.42 Å². The van der Waals surface area contributed by atoms with Gasteiger partial charge in [0.15, 0.2) is 0 Å². The van der Waals surface area contributed by atoms with Gasteiger partial charge >= 0.3 is 26.6 Å². The van der Waals surface area contributed by atoms with Gasteiger partial charge in [-0.15, -0.1) is 0 Å². The van der Waals surface area contributed by atoms with E-state index < -0.39 is 44.8 Å². The van der Waals surface area contributed by atoms with E-state index in [9.17, 15) is 30.7 Å². The average molecular weight is 442 g/mol. The van der Waals surface area contributed by atoms with Crippen LogP contribution in [0.25, 0.3) is 0 Å². The predicted octanol–water partition coefficient (Wildman–Crippen LogP) is 5.32. The molecule has 28 heavy (non-hydrogen) atoms. The van der Waals surface area contributed by atoms with Crippen molar-refractivity contribution in [1.82, 2.24) is 0 Å². The second-order valence-corrected chi connectivity index (χ2v) is 8.74. The van der Waals surface area contributed by atoms with Gasteiger partial charge in [-0.25, -0.2) is 4.39 Å². The molecular formula is C16H25F7O4Si. The number of ether oxygens (including phenoxy) is 1.